The van der Waals surface area contributed by atoms with Gasteiger partial charge in [-0.3, -0.25) is 15.0 Å². The van der Waals surface area contributed by atoms with Gasteiger partial charge in [0, 0.05) is 11.1 Å². The molecule has 1 aliphatic rings. The van der Waals surface area contributed by atoms with Gasteiger partial charge in [0.1, 0.15) is 11.5 Å². The number of hydrogen-bond donors (Lipinski definition) is 2. The number of benzene rings is 2. The number of ether oxygens (including phenoxy) is 1. The summed E-state index contributed by atoms with van der Waals surface area (Å²) in [5.74, 6) is -0.325. The summed E-state index contributed by atoms with van der Waals surface area (Å²) >= 11 is 6.34. The molecule has 0 saturated carbocycles. The molecule has 0 radical (unpaired) electrons. The van der Waals surface area contributed by atoms with Crippen molar-refractivity contribution >= 4 is 46.2 Å². The van der Waals surface area contributed by atoms with Gasteiger partial charge in [0.2, 0.25) is 0 Å². The van der Waals surface area contributed by atoms with Gasteiger partial charge in [-0.2, -0.15) is 5.01 Å². The van der Waals surface area contributed by atoms with Crippen molar-refractivity contribution in [1.29, 1.82) is 0 Å². The lowest BCUT2D eigenvalue weighted by atomic mass is 10.2. The molecule has 1 saturated heterocycles. The number of nitrogens with one attached hydrogen (secondary N) is 1. The van der Waals surface area contributed by atoms with E-state index in [9.17, 15) is 14.7 Å². The summed E-state index contributed by atoms with van der Waals surface area (Å²) in [6, 6.07) is 13.2. The number of phenols is 1. The first kappa shape index (κ1) is 19.9. The summed E-state index contributed by atoms with van der Waals surface area (Å²) in [7, 11) is 0. The lowest BCUT2D eigenvalue weighted by molar-refractivity contribution is -0.123. The van der Waals surface area contributed by atoms with Crippen LogP contribution in [0.1, 0.15) is 29.3 Å². The number of thiocarbonyl (C=S) groups is 1. The Labute approximate surface area is 172 Å². The van der Waals surface area contributed by atoms with E-state index in [1.54, 1.807) is 12.1 Å². The molecule has 6 nitrogen and oxygen atoms in total. The number of carbonyl (C=O) groups is 2. The molecule has 3 rings (SSSR count). The molecule has 0 aliphatic carbocycles. The van der Waals surface area contributed by atoms with E-state index >= 15 is 0 Å². The Hall–Kier alpha value is -2.84. The quantitative estimate of drug-likeness (QED) is 0.554. The largest absolute Gasteiger partial charge is 0.508 e. The van der Waals surface area contributed by atoms with Crippen LogP contribution in [0.2, 0.25) is 0 Å². The number of rotatable bonds is 6. The van der Waals surface area contributed by atoms with Gasteiger partial charge in [0.15, 0.2) is 4.32 Å². The average Bonchev–Trinajstić information content (AvgIpc) is 2.94. The summed E-state index contributed by atoms with van der Waals surface area (Å²) in [5, 5.41) is 10.5. The highest BCUT2D eigenvalue weighted by molar-refractivity contribution is 8.26. The summed E-state index contributed by atoms with van der Waals surface area (Å²) in [6.45, 7) is 2.59. The van der Waals surface area contributed by atoms with Crippen molar-refractivity contribution in [2.45, 2.75) is 13.3 Å². The van der Waals surface area contributed by atoms with Crippen molar-refractivity contribution in [3.8, 4) is 11.5 Å². The van der Waals surface area contributed by atoms with E-state index in [0.29, 0.717) is 17.3 Å². The maximum atomic E-state index is 12.7. The maximum absolute atomic E-state index is 12.7. The summed E-state index contributed by atoms with van der Waals surface area (Å²) in [5.41, 5.74) is 3.46. The van der Waals surface area contributed by atoms with E-state index in [0.717, 1.165) is 28.8 Å². The van der Waals surface area contributed by atoms with E-state index in [1.165, 1.54) is 18.2 Å². The topological polar surface area (TPSA) is 78.9 Å². The van der Waals surface area contributed by atoms with Crippen LogP contribution in [0, 0.1) is 0 Å². The monoisotopic (exact) mass is 414 g/mol. The Morgan fingerprint density at radius 3 is 2.82 bits per heavy atom. The fraction of sp³-hybridized carbons (Fsp3) is 0.150. The molecule has 0 aromatic heterocycles. The van der Waals surface area contributed by atoms with Gasteiger partial charge >= 0.3 is 0 Å². The molecule has 2 amide bonds. The molecule has 1 fully saturated rings. The van der Waals surface area contributed by atoms with Crippen molar-refractivity contribution in [2.24, 2.45) is 0 Å². The third-order valence-electron chi connectivity index (χ3n) is 3.78. The van der Waals surface area contributed by atoms with Crippen molar-refractivity contribution in [1.82, 2.24) is 10.4 Å². The molecule has 1 aliphatic heterocycles. The molecule has 0 atom stereocenters. The third kappa shape index (κ3) is 4.52. The highest BCUT2D eigenvalue weighted by Gasteiger charge is 2.34. The number of phenolic OH excluding ortho intramolecular Hbond substituents is 1. The third-order valence-corrected chi connectivity index (χ3v) is 5.08. The average molecular weight is 415 g/mol. The van der Waals surface area contributed by atoms with Crippen LogP contribution in [-0.2, 0) is 4.79 Å². The molecule has 8 heteroatoms. The van der Waals surface area contributed by atoms with Crippen LogP contribution >= 0.6 is 24.0 Å². The number of hydrogen-bond acceptors (Lipinski definition) is 6. The maximum Gasteiger partial charge on any atom is 0.285 e. The Bertz CT molecular complexity index is 959. The number of amides is 2. The first-order chi connectivity index (χ1) is 13.5. The molecule has 144 valence electrons. The molecule has 1 heterocycles. The Morgan fingerprint density at radius 2 is 2.07 bits per heavy atom. The van der Waals surface area contributed by atoms with Crippen LogP contribution < -0.4 is 10.2 Å². The van der Waals surface area contributed by atoms with Crippen LogP contribution in [0.15, 0.2) is 53.4 Å². The molecule has 2 N–H and O–H groups in total. The predicted octanol–water partition coefficient (Wildman–Crippen LogP) is 3.73. The standard InChI is InChI=1S/C20H18N2O4S2/c1-2-10-26-16-9-4-3-6-13(16)12-17-19(25)22(20(27)28-17)21-18(24)14-7-5-8-15(23)11-14/h3-9,11-12,23H,2,10H2,1H3,(H,21,24)/b17-12-. The molecular weight excluding hydrogens is 396 g/mol. The minimum absolute atomic E-state index is 0.0402. The Balaban J connectivity index is 1.78. The first-order valence-corrected chi connectivity index (χ1v) is 9.82. The number of hydrazine groups is 1. The van der Waals surface area contributed by atoms with Crippen molar-refractivity contribution in [3.63, 3.8) is 0 Å². The minimum Gasteiger partial charge on any atom is -0.508 e. The summed E-state index contributed by atoms with van der Waals surface area (Å²) < 4.78 is 5.93. The summed E-state index contributed by atoms with van der Waals surface area (Å²) in [6.07, 6.45) is 2.57. The number of para-hydroxylation sites is 1. The fourth-order valence-electron chi connectivity index (χ4n) is 2.46. The van der Waals surface area contributed by atoms with Gasteiger partial charge in [-0.1, -0.05) is 43.0 Å². The number of nitrogens with zero attached hydrogens (tertiary/aromatic N) is 1. The van der Waals surface area contributed by atoms with Crippen LogP contribution in [0.5, 0.6) is 11.5 Å². The van der Waals surface area contributed by atoms with Crippen LogP contribution in [0.3, 0.4) is 0 Å². The zero-order valence-corrected chi connectivity index (χ0v) is 16.7. The van der Waals surface area contributed by atoms with E-state index in [2.05, 4.69) is 5.43 Å². The molecule has 0 unspecified atom stereocenters. The van der Waals surface area contributed by atoms with Gasteiger partial charge in [-0.05, 0) is 49.0 Å². The SMILES string of the molecule is CCCOc1ccccc1/C=C1\SC(=S)N(NC(=O)c2cccc(O)c2)C1=O. The van der Waals surface area contributed by atoms with Crippen molar-refractivity contribution < 1.29 is 19.4 Å². The highest BCUT2D eigenvalue weighted by Crippen LogP contribution is 2.33. The van der Waals surface area contributed by atoms with Crippen molar-refractivity contribution in [3.05, 3.63) is 64.6 Å². The van der Waals surface area contributed by atoms with Crippen LogP contribution in [0.4, 0.5) is 0 Å². The van der Waals surface area contributed by atoms with Gasteiger partial charge < -0.3 is 9.84 Å². The van der Waals surface area contributed by atoms with Crippen LogP contribution in [-0.4, -0.2) is 32.9 Å². The Morgan fingerprint density at radius 1 is 1.29 bits per heavy atom. The molecular formula is C20H18N2O4S2. The predicted molar refractivity (Wildman–Crippen MR) is 113 cm³/mol. The summed E-state index contributed by atoms with van der Waals surface area (Å²) in [4.78, 5) is 25.5. The van der Waals surface area contributed by atoms with Crippen LogP contribution in [0.25, 0.3) is 6.08 Å². The minimum atomic E-state index is -0.542. The van der Waals surface area contributed by atoms with E-state index in [-0.39, 0.29) is 15.6 Å². The lowest BCUT2D eigenvalue weighted by Crippen LogP contribution is -2.44. The van der Waals surface area contributed by atoms with Crippen molar-refractivity contribution in [2.75, 3.05) is 6.61 Å². The molecule has 0 bridgehead atoms. The second-order valence-corrected chi connectivity index (χ2v) is 7.57. The molecule has 0 spiro atoms. The first-order valence-electron chi connectivity index (χ1n) is 8.59. The van der Waals surface area contributed by atoms with Gasteiger partial charge in [0.25, 0.3) is 11.8 Å². The van der Waals surface area contributed by atoms with E-state index in [1.807, 2.05) is 31.2 Å². The second-order valence-electron chi connectivity index (χ2n) is 5.89. The number of thioether (sulfide) groups is 1. The van der Waals surface area contributed by atoms with Gasteiger partial charge in [-0.15, -0.1) is 0 Å². The van der Waals surface area contributed by atoms with Gasteiger partial charge in [-0.25, -0.2) is 0 Å². The molecule has 2 aromatic carbocycles. The number of aromatic hydroxyl groups is 1. The fourth-order valence-corrected chi connectivity index (χ4v) is 3.63. The zero-order chi connectivity index (χ0) is 20.1. The van der Waals surface area contributed by atoms with Gasteiger partial charge in [0.05, 0.1) is 11.5 Å². The normalized spacial score (nSPS) is 15.2. The second kappa shape index (κ2) is 8.90. The molecule has 28 heavy (non-hydrogen) atoms. The smallest absolute Gasteiger partial charge is 0.285 e. The molecule has 2 aromatic rings. The number of carbonyl (C=O) groups excluding carboxylic acids is 2. The lowest BCUT2D eigenvalue weighted by Gasteiger charge is -2.15. The van der Waals surface area contributed by atoms with E-state index < -0.39 is 11.8 Å². The van der Waals surface area contributed by atoms with E-state index in [4.69, 9.17) is 17.0 Å². The highest BCUT2D eigenvalue weighted by atomic mass is 32.2. The zero-order valence-electron chi connectivity index (χ0n) is 15.0. The Kier molecular flexibility index (Phi) is 6.33.